The average molecular weight is 482 g/mol. The summed E-state index contributed by atoms with van der Waals surface area (Å²) in [5.41, 5.74) is 3.82. The van der Waals surface area contributed by atoms with Gasteiger partial charge in [0.25, 0.3) is 0 Å². The summed E-state index contributed by atoms with van der Waals surface area (Å²) in [6, 6.07) is 7.20. The van der Waals surface area contributed by atoms with Gasteiger partial charge >= 0.3 is 18.0 Å². The maximum absolute atomic E-state index is 12.7. The number of benzene rings is 1. The lowest BCUT2D eigenvalue weighted by molar-refractivity contribution is -0.138. The topological polar surface area (TPSA) is 82.1 Å². The van der Waals surface area contributed by atoms with Gasteiger partial charge in [-0.05, 0) is 89.1 Å². The van der Waals surface area contributed by atoms with Crippen molar-refractivity contribution in [3.05, 3.63) is 52.6 Å². The number of hydrogen-bond acceptors (Lipinski definition) is 6. The molecule has 35 heavy (non-hydrogen) atoms. The van der Waals surface area contributed by atoms with Gasteiger partial charge in [0.15, 0.2) is 0 Å². The molecule has 0 N–H and O–H groups in total. The molecule has 0 atom stereocenters. The van der Waals surface area contributed by atoms with Crippen molar-refractivity contribution in [2.75, 3.05) is 26.3 Å². The molecule has 2 aliphatic carbocycles. The molecular formula is C28H35NO6. The molecule has 1 saturated heterocycles. The van der Waals surface area contributed by atoms with E-state index in [0.29, 0.717) is 36.7 Å². The van der Waals surface area contributed by atoms with Gasteiger partial charge in [-0.3, -0.25) is 0 Å². The number of nitrogens with zero attached hydrogens (tertiary/aromatic N) is 1. The highest BCUT2D eigenvalue weighted by molar-refractivity contribution is 6.03. The lowest BCUT2D eigenvalue weighted by Crippen LogP contribution is -2.64. The number of rotatable bonds is 6. The second kappa shape index (κ2) is 9.51. The zero-order chi connectivity index (χ0) is 25.4. The Morgan fingerprint density at radius 3 is 2.14 bits per heavy atom. The molecule has 3 aliphatic rings. The molecule has 7 heteroatoms. The van der Waals surface area contributed by atoms with Crippen LogP contribution < -0.4 is 0 Å². The fourth-order valence-corrected chi connectivity index (χ4v) is 5.28. The quantitative estimate of drug-likeness (QED) is 0.412. The highest BCUT2D eigenvalue weighted by Crippen LogP contribution is 2.56. The van der Waals surface area contributed by atoms with E-state index >= 15 is 0 Å². The zero-order valence-corrected chi connectivity index (χ0v) is 21.3. The summed E-state index contributed by atoms with van der Waals surface area (Å²) < 4.78 is 15.9. The number of ether oxygens (including phenoxy) is 3. The van der Waals surface area contributed by atoms with Crippen molar-refractivity contribution >= 4 is 23.6 Å². The Kier molecular flexibility index (Phi) is 6.80. The number of carbonyl (C=O) groups excluding carboxylic acids is 3. The Labute approximate surface area is 207 Å². The van der Waals surface area contributed by atoms with Crippen LogP contribution in [-0.2, 0) is 19.0 Å². The minimum absolute atomic E-state index is 0.163. The van der Waals surface area contributed by atoms with Crippen molar-refractivity contribution in [3.8, 4) is 0 Å². The van der Waals surface area contributed by atoms with Gasteiger partial charge in [0.2, 0.25) is 0 Å². The lowest BCUT2D eigenvalue weighted by Gasteiger charge is -2.59. The Morgan fingerprint density at radius 1 is 0.971 bits per heavy atom. The molecule has 1 aromatic rings. The number of likely N-dealkylation sites (tertiary alicyclic amines) is 1. The van der Waals surface area contributed by atoms with Crippen LogP contribution in [0, 0.1) is 11.3 Å². The Morgan fingerprint density at radius 2 is 1.57 bits per heavy atom. The number of carbonyl (C=O) groups is 3. The molecule has 4 rings (SSSR count). The Bertz CT molecular complexity index is 1060. The second-order valence-electron chi connectivity index (χ2n) is 10.7. The predicted octanol–water partition coefficient (Wildman–Crippen LogP) is 5.16. The molecule has 0 bridgehead atoms. The predicted molar refractivity (Wildman–Crippen MR) is 132 cm³/mol. The summed E-state index contributed by atoms with van der Waals surface area (Å²) in [6.07, 6.45) is 4.44. The second-order valence-corrected chi connectivity index (χ2v) is 10.7. The Balaban J connectivity index is 1.41. The van der Waals surface area contributed by atoms with E-state index in [-0.39, 0.29) is 23.4 Å². The molecule has 7 nitrogen and oxygen atoms in total. The molecule has 0 radical (unpaired) electrons. The van der Waals surface area contributed by atoms with E-state index in [9.17, 15) is 14.4 Å². The van der Waals surface area contributed by atoms with Crippen molar-refractivity contribution in [2.45, 2.75) is 59.5 Å². The van der Waals surface area contributed by atoms with Crippen LogP contribution in [0.25, 0.3) is 5.57 Å². The molecule has 2 fully saturated rings. The minimum Gasteiger partial charge on any atom is -0.462 e. The van der Waals surface area contributed by atoms with Gasteiger partial charge in [-0.15, -0.1) is 0 Å². The van der Waals surface area contributed by atoms with Crippen molar-refractivity contribution in [3.63, 3.8) is 0 Å². The van der Waals surface area contributed by atoms with Gasteiger partial charge in [0.1, 0.15) is 5.60 Å². The van der Waals surface area contributed by atoms with Crippen LogP contribution in [0.3, 0.4) is 0 Å². The van der Waals surface area contributed by atoms with Crippen LogP contribution in [0.4, 0.5) is 4.79 Å². The Hall–Kier alpha value is -3.09. The molecule has 1 amide bonds. The van der Waals surface area contributed by atoms with E-state index in [1.54, 1.807) is 30.9 Å². The van der Waals surface area contributed by atoms with E-state index in [1.165, 1.54) is 5.57 Å². The van der Waals surface area contributed by atoms with Crippen LogP contribution in [0.1, 0.15) is 69.8 Å². The van der Waals surface area contributed by atoms with E-state index in [2.05, 4.69) is 0 Å². The molecule has 1 aliphatic heterocycles. The van der Waals surface area contributed by atoms with Crippen LogP contribution in [0.2, 0.25) is 0 Å². The third-order valence-electron chi connectivity index (χ3n) is 6.86. The highest BCUT2D eigenvalue weighted by atomic mass is 16.6. The molecule has 1 spiro atoms. The van der Waals surface area contributed by atoms with Gasteiger partial charge in [-0.1, -0.05) is 17.7 Å². The normalized spacial score (nSPS) is 19.1. The van der Waals surface area contributed by atoms with Crippen molar-refractivity contribution < 1.29 is 28.6 Å². The van der Waals surface area contributed by atoms with Crippen molar-refractivity contribution in [2.24, 2.45) is 11.3 Å². The van der Waals surface area contributed by atoms with Crippen LogP contribution >= 0.6 is 0 Å². The van der Waals surface area contributed by atoms with Crippen molar-refractivity contribution in [1.82, 2.24) is 4.90 Å². The minimum atomic E-state index is -0.489. The molecule has 1 aromatic carbocycles. The number of esters is 2. The summed E-state index contributed by atoms with van der Waals surface area (Å²) in [5.74, 6) is -0.290. The van der Waals surface area contributed by atoms with E-state index in [4.69, 9.17) is 14.2 Å². The molecule has 188 valence electrons. The van der Waals surface area contributed by atoms with E-state index in [0.717, 1.165) is 37.1 Å². The highest BCUT2D eigenvalue weighted by Gasteiger charge is 2.55. The van der Waals surface area contributed by atoms with E-state index < -0.39 is 5.60 Å². The first kappa shape index (κ1) is 25.0. The molecule has 0 aromatic heterocycles. The first-order valence-corrected chi connectivity index (χ1v) is 12.4. The number of amides is 1. The first-order valence-electron chi connectivity index (χ1n) is 12.4. The van der Waals surface area contributed by atoms with Gasteiger partial charge < -0.3 is 19.1 Å². The average Bonchev–Trinajstić information content (AvgIpc) is 3.16. The van der Waals surface area contributed by atoms with Crippen LogP contribution in [-0.4, -0.2) is 54.8 Å². The first-order chi connectivity index (χ1) is 16.5. The third-order valence-corrected chi connectivity index (χ3v) is 6.86. The standard InChI is InChI=1S/C28H35NO6/c1-6-33-24(30)19-10-8-18(9-11-19)22-12-20(13-23(22)25(31)34-7-2)21-14-28(15-21)16-29(17-28)26(32)35-27(3,4)5/h8-11,13,21H,6-7,12,14-17H2,1-5H3. The van der Waals surface area contributed by atoms with Gasteiger partial charge in [0, 0.05) is 18.5 Å². The van der Waals surface area contributed by atoms with Gasteiger partial charge in [0.05, 0.1) is 24.4 Å². The van der Waals surface area contributed by atoms with Crippen LogP contribution in [0.15, 0.2) is 41.5 Å². The largest absolute Gasteiger partial charge is 0.462 e. The zero-order valence-electron chi connectivity index (χ0n) is 21.3. The van der Waals surface area contributed by atoms with Gasteiger partial charge in [-0.2, -0.15) is 0 Å². The number of hydrogen-bond donors (Lipinski definition) is 0. The summed E-state index contributed by atoms with van der Waals surface area (Å²) in [7, 11) is 0. The fraction of sp³-hybridized carbons (Fsp3) is 0.536. The van der Waals surface area contributed by atoms with Crippen molar-refractivity contribution in [1.29, 1.82) is 0 Å². The molecule has 0 unspecified atom stereocenters. The number of allylic oxidation sites excluding steroid dienone is 2. The smallest absolute Gasteiger partial charge is 0.410 e. The molecule has 1 saturated carbocycles. The van der Waals surface area contributed by atoms with Gasteiger partial charge in [-0.25, -0.2) is 14.4 Å². The summed E-state index contributed by atoms with van der Waals surface area (Å²) >= 11 is 0. The molecule has 1 heterocycles. The maximum Gasteiger partial charge on any atom is 0.410 e. The molecular weight excluding hydrogens is 446 g/mol. The summed E-state index contributed by atoms with van der Waals surface area (Å²) in [5, 5.41) is 0. The SMILES string of the molecule is CCOC(=O)C1=C(c2ccc(C(=O)OCC)cc2)CC(C2CC3(C2)CN(C(=O)OC(C)(C)C)C3)=C1. The summed E-state index contributed by atoms with van der Waals surface area (Å²) in [6.45, 7) is 11.3. The van der Waals surface area contributed by atoms with Crippen LogP contribution in [0.5, 0.6) is 0 Å². The van der Waals surface area contributed by atoms with E-state index in [1.807, 2.05) is 39.0 Å². The lowest BCUT2D eigenvalue weighted by atomic mass is 9.56. The summed E-state index contributed by atoms with van der Waals surface area (Å²) in [4.78, 5) is 38.8. The maximum atomic E-state index is 12.7. The monoisotopic (exact) mass is 481 g/mol. The third kappa shape index (κ3) is 5.29. The fourth-order valence-electron chi connectivity index (χ4n) is 5.28.